The maximum absolute atomic E-state index is 12.7. The number of halogens is 3. The van der Waals surface area contributed by atoms with Crippen molar-refractivity contribution < 1.29 is 18.0 Å². The van der Waals surface area contributed by atoms with Gasteiger partial charge in [-0.05, 0) is 43.9 Å². The molecule has 6 heteroatoms. The predicted octanol–water partition coefficient (Wildman–Crippen LogP) is 7.82. The van der Waals surface area contributed by atoms with Crippen LogP contribution in [0.25, 0.3) is 5.57 Å². The summed E-state index contributed by atoms with van der Waals surface area (Å²) >= 11 is 0. The van der Waals surface area contributed by atoms with Gasteiger partial charge in [-0.1, -0.05) is 69.4 Å². The van der Waals surface area contributed by atoms with E-state index >= 15 is 0 Å². The van der Waals surface area contributed by atoms with Gasteiger partial charge in [-0.15, -0.1) is 0 Å². The molecule has 0 bridgehead atoms. The molecule has 1 atom stereocenters. The maximum Gasteiger partial charge on any atom is 0.416 e. The summed E-state index contributed by atoms with van der Waals surface area (Å²) in [6.07, 6.45) is 5.70. The summed E-state index contributed by atoms with van der Waals surface area (Å²) < 4.78 is 38.0. The van der Waals surface area contributed by atoms with Gasteiger partial charge in [0.1, 0.15) is 5.78 Å². The molecule has 3 nitrogen and oxygen atoms in total. The molecule has 2 rings (SSSR count). The van der Waals surface area contributed by atoms with Crippen molar-refractivity contribution in [1.82, 2.24) is 10.2 Å². The molecule has 0 aliphatic carbocycles. The molecule has 0 spiro atoms. The van der Waals surface area contributed by atoms with Crippen LogP contribution in [0.2, 0.25) is 0 Å². The summed E-state index contributed by atoms with van der Waals surface area (Å²) in [6, 6.07) is 7.34. The zero-order valence-electron chi connectivity index (χ0n) is 19.3. The molecule has 0 aliphatic heterocycles. The van der Waals surface area contributed by atoms with Gasteiger partial charge in [-0.2, -0.15) is 18.3 Å². The summed E-state index contributed by atoms with van der Waals surface area (Å²) in [5, 5.41) is 7.07. The van der Waals surface area contributed by atoms with Crippen LogP contribution >= 0.6 is 0 Å². The molecule has 1 unspecified atom stereocenters. The first kappa shape index (κ1) is 27.1. The molecule has 1 heterocycles. The number of rotatable bonds is 9. The smallest absolute Gasteiger partial charge is 0.300 e. The third-order valence-corrected chi connectivity index (χ3v) is 4.84. The summed E-state index contributed by atoms with van der Waals surface area (Å²) in [4.78, 5) is 11.5. The topological polar surface area (TPSA) is 45.8 Å². The van der Waals surface area contributed by atoms with Crippen molar-refractivity contribution >= 4 is 11.4 Å². The van der Waals surface area contributed by atoms with Crippen molar-refractivity contribution in [3.8, 4) is 0 Å². The second-order valence-electron chi connectivity index (χ2n) is 7.50. The Hall–Kier alpha value is -2.89. The average Bonchev–Trinajstić information content (AvgIpc) is 3.19. The number of carbonyl (C=O) groups is 1. The summed E-state index contributed by atoms with van der Waals surface area (Å²) in [5.41, 5.74) is 3.06. The number of carbonyl (C=O) groups excluding carboxylic acids is 1. The van der Waals surface area contributed by atoms with Crippen LogP contribution < -0.4 is 0 Å². The zero-order chi connectivity index (χ0) is 24.1. The van der Waals surface area contributed by atoms with Gasteiger partial charge in [0.25, 0.3) is 0 Å². The van der Waals surface area contributed by atoms with E-state index in [2.05, 4.69) is 16.8 Å². The molecule has 174 valence electrons. The first-order chi connectivity index (χ1) is 15.2. The summed E-state index contributed by atoms with van der Waals surface area (Å²) in [5.74, 6) is -0.0180. The number of H-pyrrole nitrogens is 1. The van der Waals surface area contributed by atoms with Gasteiger partial charge in [0.15, 0.2) is 0 Å². The summed E-state index contributed by atoms with van der Waals surface area (Å²) in [6.45, 7) is 11.4. The van der Waals surface area contributed by atoms with Crippen LogP contribution in [0.1, 0.15) is 74.9 Å². The van der Waals surface area contributed by atoms with E-state index in [1.807, 2.05) is 45.1 Å². The molecule has 2 aromatic rings. The molecule has 0 radical (unpaired) electrons. The lowest BCUT2D eigenvalue weighted by Crippen LogP contribution is -2.09. The number of ketones is 1. The Labute approximate surface area is 189 Å². The van der Waals surface area contributed by atoms with Crippen molar-refractivity contribution in [2.75, 3.05) is 0 Å². The number of nitrogens with zero attached hydrogens (tertiary/aromatic N) is 1. The van der Waals surface area contributed by atoms with Crippen molar-refractivity contribution in [2.24, 2.45) is 0 Å². The van der Waals surface area contributed by atoms with Gasteiger partial charge in [0.05, 0.1) is 11.3 Å². The quantitative estimate of drug-likeness (QED) is 0.399. The van der Waals surface area contributed by atoms with E-state index in [4.69, 9.17) is 0 Å². The van der Waals surface area contributed by atoms with Crippen LogP contribution in [0.4, 0.5) is 13.2 Å². The van der Waals surface area contributed by atoms with Gasteiger partial charge >= 0.3 is 6.18 Å². The van der Waals surface area contributed by atoms with Gasteiger partial charge in [0, 0.05) is 24.1 Å². The first-order valence-electron chi connectivity index (χ1n) is 10.8. The van der Waals surface area contributed by atoms with Gasteiger partial charge < -0.3 is 0 Å². The minimum absolute atomic E-state index is 0.0934. The Morgan fingerprint density at radius 2 is 1.97 bits per heavy atom. The lowest BCUT2D eigenvalue weighted by molar-refractivity contribution is -0.137. The number of aromatic amines is 1. The summed E-state index contributed by atoms with van der Waals surface area (Å²) in [7, 11) is 0. The average molecular weight is 447 g/mol. The highest BCUT2D eigenvalue weighted by Gasteiger charge is 2.31. The predicted molar refractivity (Wildman–Crippen MR) is 125 cm³/mol. The van der Waals surface area contributed by atoms with Crippen molar-refractivity contribution in [3.05, 3.63) is 83.7 Å². The van der Waals surface area contributed by atoms with Crippen LogP contribution in [0.15, 0.2) is 61.2 Å². The number of Topliss-reactive ketones (excluding diaryl/α,β-unsaturated/α-hetero) is 1. The maximum atomic E-state index is 12.7. The number of aromatic nitrogens is 2. The Morgan fingerprint density at radius 3 is 2.47 bits per heavy atom. The first-order valence-corrected chi connectivity index (χ1v) is 10.8. The Balaban J connectivity index is 0.000000343. The number of allylic oxidation sites excluding steroid dienone is 5. The van der Waals surface area contributed by atoms with E-state index in [1.54, 1.807) is 19.1 Å². The highest BCUT2D eigenvalue weighted by molar-refractivity contribution is 5.79. The lowest BCUT2D eigenvalue weighted by Gasteiger charge is -2.17. The van der Waals surface area contributed by atoms with Gasteiger partial charge in [-0.25, -0.2) is 0 Å². The molecule has 0 aliphatic rings. The third kappa shape index (κ3) is 9.08. The van der Waals surface area contributed by atoms with Crippen LogP contribution in [0, 0.1) is 6.92 Å². The standard InChI is InChI=1S/C15H19F3O.C11H14N2/c1-3-6-11(10-14(19)4-2)12-7-5-8-13(9-12)15(16,17)18;1-4-6-10(7-5-2)11-8-9(3)12-13-11/h5,7-9,11H,3-4,6,10H2,1-2H3;4-8H,1H2,2-3H3,(H,12,13)/b;7-5-,10-6+. The third-order valence-electron chi connectivity index (χ3n) is 4.84. The number of hydrogen-bond acceptors (Lipinski definition) is 2. The van der Waals surface area contributed by atoms with E-state index in [0.717, 1.165) is 35.9 Å². The van der Waals surface area contributed by atoms with Crippen LogP contribution in [-0.2, 0) is 11.0 Å². The fraction of sp³-hybridized carbons (Fsp3) is 0.385. The van der Waals surface area contributed by atoms with E-state index in [9.17, 15) is 18.0 Å². The molecule has 0 fully saturated rings. The second kappa shape index (κ2) is 13.5. The Bertz CT molecular complexity index is 923. The highest BCUT2D eigenvalue weighted by Crippen LogP contribution is 2.33. The zero-order valence-corrected chi connectivity index (χ0v) is 19.3. The van der Waals surface area contributed by atoms with Crippen molar-refractivity contribution in [2.45, 2.75) is 65.5 Å². The molecule has 1 aromatic carbocycles. The number of aryl methyl sites for hydroxylation is 1. The molecule has 0 saturated heterocycles. The molecule has 1 aromatic heterocycles. The number of alkyl halides is 3. The number of nitrogens with one attached hydrogen (secondary N) is 1. The molecule has 0 saturated carbocycles. The normalized spacial score (nSPS) is 12.9. The van der Waals surface area contributed by atoms with E-state index in [0.29, 0.717) is 18.4 Å². The minimum Gasteiger partial charge on any atom is -0.300 e. The van der Waals surface area contributed by atoms with Gasteiger partial charge in [0.2, 0.25) is 0 Å². The van der Waals surface area contributed by atoms with Gasteiger partial charge in [-0.3, -0.25) is 9.89 Å². The van der Waals surface area contributed by atoms with E-state index in [-0.39, 0.29) is 11.7 Å². The lowest BCUT2D eigenvalue weighted by atomic mass is 9.88. The molecule has 0 amide bonds. The minimum atomic E-state index is -4.33. The van der Waals surface area contributed by atoms with Crippen LogP contribution in [-0.4, -0.2) is 16.0 Å². The highest BCUT2D eigenvalue weighted by atomic mass is 19.4. The largest absolute Gasteiger partial charge is 0.416 e. The van der Waals surface area contributed by atoms with E-state index in [1.165, 1.54) is 12.1 Å². The Morgan fingerprint density at radius 1 is 1.25 bits per heavy atom. The molecule has 32 heavy (non-hydrogen) atoms. The van der Waals surface area contributed by atoms with Crippen molar-refractivity contribution in [1.29, 1.82) is 0 Å². The molecule has 1 N–H and O–H groups in total. The fourth-order valence-electron chi connectivity index (χ4n) is 3.22. The second-order valence-corrected chi connectivity index (χ2v) is 7.50. The Kier molecular flexibility index (Phi) is 11.5. The molecular weight excluding hydrogens is 413 g/mol. The van der Waals surface area contributed by atoms with Crippen LogP contribution in [0.3, 0.4) is 0 Å². The van der Waals surface area contributed by atoms with Crippen LogP contribution in [0.5, 0.6) is 0 Å². The number of hydrogen-bond donors (Lipinski definition) is 1. The monoisotopic (exact) mass is 446 g/mol. The molecular formula is C26H33F3N2O. The SMILES string of the molecule is C=C/C=C(\C=C/C)c1cc(C)[nH]n1.CCCC(CC(=O)CC)c1cccc(C(F)(F)F)c1. The van der Waals surface area contributed by atoms with E-state index < -0.39 is 11.7 Å². The van der Waals surface area contributed by atoms with Crippen molar-refractivity contribution in [3.63, 3.8) is 0 Å². The number of benzene rings is 1. The fourth-order valence-corrected chi connectivity index (χ4v) is 3.22.